The van der Waals surface area contributed by atoms with Gasteiger partial charge in [-0.05, 0) is 50.1 Å². The van der Waals surface area contributed by atoms with E-state index in [1.165, 1.54) is 5.57 Å². The average Bonchev–Trinajstić information content (AvgIpc) is 2.20. The van der Waals surface area contributed by atoms with Crippen LogP contribution in [0.5, 0.6) is 11.5 Å². The Hall–Kier alpha value is -1.44. The van der Waals surface area contributed by atoms with Crippen LogP contribution < -0.4 is 4.74 Å². The zero-order chi connectivity index (χ0) is 11.3. The van der Waals surface area contributed by atoms with E-state index in [0.29, 0.717) is 0 Å². The Morgan fingerprint density at radius 1 is 1.20 bits per heavy atom. The van der Waals surface area contributed by atoms with Gasteiger partial charge in [-0.1, -0.05) is 6.92 Å². The Morgan fingerprint density at radius 3 is 2.27 bits per heavy atom. The van der Waals surface area contributed by atoms with Crippen molar-refractivity contribution in [3.05, 3.63) is 35.6 Å². The molecule has 2 heteroatoms. The number of rotatable bonds is 4. The molecular formula is C13H18O2. The highest BCUT2D eigenvalue weighted by Gasteiger charge is 2.02. The van der Waals surface area contributed by atoms with Gasteiger partial charge in [0, 0.05) is 6.42 Å². The van der Waals surface area contributed by atoms with Gasteiger partial charge in [-0.2, -0.15) is 0 Å². The van der Waals surface area contributed by atoms with Crippen LogP contribution in [-0.4, -0.2) is 5.11 Å². The highest BCUT2D eigenvalue weighted by atomic mass is 16.5. The van der Waals surface area contributed by atoms with Gasteiger partial charge in [0.15, 0.2) is 0 Å². The quantitative estimate of drug-likeness (QED) is 0.758. The predicted octanol–water partition coefficient (Wildman–Crippen LogP) is 3.87. The maximum atomic E-state index is 9.14. The molecule has 0 bridgehead atoms. The van der Waals surface area contributed by atoms with Gasteiger partial charge < -0.3 is 9.84 Å². The SMILES string of the molecule is CCCC(Oc1ccc(O)cc1)=C(C)C. The van der Waals surface area contributed by atoms with Crippen LogP contribution in [0.3, 0.4) is 0 Å². The molecule has 0 aromatic heterocycles. The number of allylic oxidation sites excluding steroid dienone is 2. The normalized spacial score (nSPS) is 9.80. The van der Waals surface area contributed by atoms with E-state index in [4.69, 9.17) is 9.84 Å². The molecule has 0 aliphatic heterocycles. The molecule has 1 aromatic rings. The van der Waals surface area contributed by atoms with Crippen molar-refractivity contribution in [3.63, 3.8) is 0 Å². The maximum Gasteiger partial charge on any atom is 0.127 e. The summed E-state index contributed by atoms with van der Waals surface area (Å²) in [6.07, 6.45) is 2.02. The van der Waals surface area contributed by atoms with Crippen LogP contribution in [0.25, 0.3) is 0 Å². The molecule has 1 N–H and O–H groups in total. The third kappa shape index (κ3) is 3.66. The average molecular weight is 206 g/mol. The number of phenolic OH excluding ortho intramolecular Hbond substituents is 1. The summed E-state index contributed by atoms with van der Waals surface area (Å²) < 4.78 is 5.74. The molecule has 2 nitrogen and oxygen atoms in total. The summed E-state index contributed by atoms with van der Waals surface area (Å²) in [6, 6.07) is 6.80. The van der Waals surface area contributed by atoms with Crippen molar-refractivity contribution in [1.82, 2.24) is 0 Å². The molecule has 15 heavy (non-hydrogen) atoms. The lowest BCUT2D eigenvalue weighted by atomic mass is 10.2. The van der Waals surface area contributed by atoms with E-state index >= 15 is 0 Å². The van der Waals surface area contributed by atoms with E-state index in [1.807, 2.05) is 13.8 Å². The molecule has 0 unspecified atom stereocenters. The number of benzene rings is 1. The Labute approximate surface area is 91.2 Å². The van der Waals surface area contributed by atoms with Gasteiger partial charge in [0.05, 0.1) is 0 Å². The minimum Gasteiger partial charge on any atom is -0.508 e. The van der Waals surface area contributed by atoms with E-state index in [2.05, 4.69) is 6.92 Å². The smallest absolute Gasteiger partial charge is 0.127 e. The molecule has 0 aliphatic rings. The van der Waals surface area contributed by atoms with Crippen LogP contribution in [0.2, 0.25) is 0 Å². The van der Waals surface area contributed by atoms with Crippen molar-refractivity contribution in [2.24, 2.45) is 0 Å². The largest absolute Gasteiger partial charge is 0.508 e. The Kier molecular flexibility index (Phi) is 4.22. The first-order valence-electron chi connectivity index (χ1n) is 5.26. The van der Waals surface area contributed by atoms with Crippen molar-refractivity contribution >= 4 is 0 Å². The predicted molar refractivity (Wildman–Crippen MR) is 62.0 cm³/mol. The maximum absolute atomic E-state index is 9.14. The summed E-state index contributed by atoms with van der Waals surface area (Å²) in [7, 11) is 0. The number of ether oxygens (including phenoxy) is 1. The Bertz CT molecular complexity index is 332. The molecule has 82 valence electrons. The van der Waals surface area contributed by atoms with Crippen LogP contribution >= 0.6 is 0 Å². The van der Waals surface area contributed by atoms with Crippen LogP contribution in [0.4, 0.5) is 0 Å². The van der Waals surface area contributed by atoms with E-state index in [0.717, 1.165) is 24.4 Å². The third-order valence-corrected chi connectivity index (χ3v) is 2.11. The number of phenols is 1. The molecule has 0 spiro atoms. The molecule has 0 aliphatic carbocycles. The first kappa shape index (κ1) is 11.6. The number of hydrogen-bond acceptors (Lipinski definition) is 2. The molecule has 0 amide bonds. The summed E-state index contributed by atoms with van der Waals surface area (Å²) in [5.74, 6) is 2.05. The Balaban J connectivity index is 2.75. The zero-order valence-corrected chi connectivity index (χ0v) is 9.58. The minimum atomic E-state index is 0.261. The molecule has 0 atom stereocenters. The lowest BCUT2D eigenvalue weighted by molar-refractivity contribution is 0.393. The van der Waals surface area contributed by atoms with Crippen LogP contribution in [0, 0.1) is 0 Å². The second-order valence-electron chi connectivity index (χ2n) is 3.77. The fourth-order valence-corrected chi connectivity index (χ4v) is 1.29. The van der Waals surface area contributed by atoms with E-state index in [1.54, 1.807) is 24.3 Å². The fourth-order valence-electron chi connectivity index (χ4n) is 1.29. The van der Waals surface area contributed by atoms with Crippen molar-refractivity contribution in [3.8, 4) is 11.5 Å². The molecule has 0 radical (unpaired) electrons. The van der Waals surface area contributed by atoms with Crippen molar-refractivity contribution in [2.45, 2.75) is 33.6 Å². The summed E-state index contributed by atoms with van der Waals surface area (Å²) in [4.78, 5) is 0. The van der Waals surface area contributed by atoms with Crippen molar-refractivity contribution in [2.75, 3.05) is 0 Å². The summed E-state index contributed by atoms with van der Waals surface area (Å²) in [5, 5.41) is 9.14. The van der Waals surface area contributed by atoms with Gasteiger partial charge in [-0.3, -0.25) is 0 Å². The van der Waals surface area contributed by atoms with Gasteiger partial charge in [-0.25, -0.2) is 0 Å². The van der Waals surface area contributed by atoms with Crippen LogP contribution in [0.15, 0.2) is 35.6 Å². The van der Waals surface area contributed by atoms with Crippen LogP contribution in [-0.2, 0) is 0 Å². The first-order valence-corrected chi connectivity index (χ1v) is 5.26. The molecule has 1 rings (SSSR count). The molecular weight excluding hydrogens is 188 g/mol. The summed E-state index contributed by atoms with van der Waals surface area (Å²) in [6.45, 7) is 6.22. The topological polar surface area (TPSA) is 29.5 Å². The molecule has 0 saturated carbocycles. The lowest BCUT2D eigenvalue weighted by Gasteiger charge is -2.11. The van der Waals surface area contributed by atoms with E-state index in [-0.39, 0.29) is 5.75 Å². The van der Waals surface area contributed by atoms with Crippen LogP contribution in [0.1, 0.15) is 33.6 Å². The minimum absolute atomic E-state index is 0.261. The fraction of sp³-hybridized carbons (Fsp3) is 0.385. The Morgan fingerprint density at radius 2 is 1.80 bits per heavy atom. The molecule has 0 heterocycles. The molecule has 1 aromatic carbocycles. The standard InChI is InChI=1S/C13H18O2/c1-4-5-13(10(2)3)15-12-8-6-11(14)7-9-12/h6-9,14H,4-5H2,1-3H3. The molecule has 0 saturated heterocycles. The van der Waals surface area contributed by atoms with Gasteiger partial charge in [0.25, 0.3) is 0 Å². The zero-order valence-electron chi connectivity index (χ0n) is 9.58. The monoisotopic (exact) mass is 206 g/mol. The highest BCUT2D eigenvalue weighted by Crippen LogP contribution is 2.21. The van der Waals surface area contributed by atoms with Gasteiger partial charge >= 0.3 is 0 Å². The molecule has 0 fully saturated rings. The first-order chi connectivity index (χ1) is 7.13. The lowest BCUT2D eigenvalue weighted by Crippen LogP contribution is -1.97. The third-order valence-electron chi connectivity index (χ3n) is 2.11. The van der Waals surface area contributed by atoms with Gasteiger partial charge in [0.1, 0.15) is 17.3 Å². The second kappa shape index (κ2) is 5.44. The second-order valence-corrected chi connectivity index (χ2v) is 3.77. The van der Waals surface area contributed by atoms with Crippen molar-refractivity contribution < 1.29 is 9.84 Å². The van der Waals surface area contributed by atoms with Gasteiger partial charge in [-0.15, -0.1) is 0 Å². The van der Waals surface area contributed by atoms with Crippen molar-refractivity contribution in [1.29, 1.82) is 0 Å². The van der Waals surface area contributed by atoms with Gasteiger partial charge in [0.2, 0.25) is 0 Å². The summed E-state index contributed by atoms with van der Waals surface area (Å²) in [5.41, 5.74) is 1.20. The van der Waals surface area contributed by atoms with E-state index in [9.17, 15) is 0 Å². The highest BCUT2D eigenvalue weighted by molar-refractivity contribution is 5.31. The van der Waals surface area contributed by atoms with E-state index < -0.39 is 0 Å². The summed E-state index contributed by atoms with van der Waals surface area (Å²) >= 11 is 0. The number of aromatic hydroxyl groups is 1. The number of hydrogen-bond donors (Lipinski definition) is 1.